The van der Waals surface area contributed by atoms with E-state index in [0.717, 1.165) is 0 Å². The van der Waals surface area contributed by atoms with Crippen LogP contribution in [0.1, 0.15) is 0 Å². The first-order chi connectivity index (χ1) is 22.1. The summed E-state index contributed by atoms with van der Waals surface area (Å²) < 4.78 is 44.0. The van der Waals surface area contributed by atoms with Crippen LogP contribution in [-0.4, -0.2) is 47.9 Å². The van der Waals surface area contributed by atoms with Crippen molar-refractivity contribution in [1.29, 1.82) is 0 Å². The van der Waals surface area contributed by atoms with Gasteiger partial charge in [0, 0.05) is 48.3 Å². The van der Waals surface area contributed by atoms with Crippen molar-refractivity contribution in [1.82, 2.24) is 15.0 Å². The predicted octanol–water partition coefficient (Wildman–Crippen LogP) is -0.208. The first-order valence-corrected chi connectivity index (χ1v) is 21.7. The van der Waals surface area contributed by atoms with Crippen molar-refractivity contribution < 1.29 is 111 Å². The zero-order valence-corrected chi connectivity index (χ0v) is 36.7. The van der Waals surface area contributed by atoms with Crippen molar-refractivity contribution in [2.45, 2.75) is 9.79 Å². The van der Waals surface area contributed by atoms with E-state index < -0.39 is 15.6 Å². The van der Waals surface area contributed by atoms with E-state index in [4.69, 9.17) is 32.1 Å². The van der Waals surface area contributed by atoms with Crippen LogP contribution in [0.3, 0.4) is 0 Å². The standard InChI is InChI=1S/C22H18Cl2N6O11S3.I2.2Na/c1-36-16-5-3-13(44(34,35)7-6-37-43-41-39-33)10-15(16)29-30-18-17(42-40-38-32)9-11-8-12(2-4-14(11)19(18)31)25-22-27-20(23)26-21(24)28-22;1-2;;/h2-5,8-10,31-33H,6-7H2,1H3,(H,25,26,27,28);;;/q;;2*+1/p-2. The van der Waals surface area contributed by atoms with E-state index in [0.29, 0.717) is 28.5 Å². The van der Waals surface area contributed by atoms with Gasteiger partial charge in [0.25, 0.3) is 0 Å². The van der Waals surface area contributed by atoms with Crippen molar-refractivity contribution in [2.24, 2.45) is 10.2 Å². The number of halogens is 4. The van der Waals surface area contributed by atoms with Crippen LogP contribution >= 0.6 is 84.8 Å². The van der Waals surface area contributed by atoms with Gasteiger partial charge in [-0.1, -0.05) is 0 Å². The molecule has 0 aliphatic carbocycles. The van der Waals surface area contributed by atoms with Crippen molar-refractivity contribution in [3.63, 3.8) is 0 Å². The zero-order chi connectivity index (χ0) is 33.7. The van der Waals surface area contributed by atoms with Crippen LogP contribution in [0.2, 0.25) is 10.6 Å². The van der Waals surface area contributed by atoms with Gasteiger partial charge in [-0.05, 0) is 71.1 Å². The molecule has 0 amide bonds. The molecule has 0 radical (unpaired) electrons. The summed E-state index contributed by atoms with van der Waals surface area (Å²) in [7, 11) is -2.56. The largest absolute Gasteiger partial charge is 1.00 e. The van der Waals surface area contributed by atoms with E-state index in [9.17, 15) is 24.0 Å². The monoisotopic (exact) mass is 1010 g/mol. The number of fused-ring (bicyclic) bond motifs is 1. The number of nitrogens with zero attached hydrogens (tertiary/aromatic N) is 5. The molecule has 0 aliphatic rings. The van der Waals surface area contributed by atoms with Crippen molar-refractivity contribution >= 4 is 128 Å². The summed E-state index contributed by atoms with van der Waals surface area (Å²) in [5.74, 6) is -0.617. The second-order valence-corrected chi connectivity index (χ2v) is 12.0. The second-order valence-electron chi connectivity index (χ2n) is 7.93. The smallest absolute Gasteiger partial charge is 0.691 e. The SMILES string of the molecule is COc1ccc(S(=O)(=O)CCOSOO[O-])cc1N=Nc1c(SOO[O-])cc2cc(Nc3nc(Cl)nc(Cl)n3)ccc2c1O.II.[Na+].[Na+]. The number of hydrogen-bond acceptors (Lipinski definition) is 19. The Morgan fingerprint density at radius 1 is 0.979 bits per heavy atom. The molecule has 4 rings (SSSR count). The maximum Gasteiger partial charge on any atom is 1.00 e. The van der Waals surface area contributed by atoms with Crippen LogP contribution < -0.4 is 79.7 Å². The Morgan fingerprint density at radius 2 is 1.67 bits per heavy atom. The Kier molecular flexibility index (Phi) is 23.0. The summed E-state index contributed by atoms with van der Waals surface area (Å²) in [5.41, 5.74) is 0.315. The van der Waals surface area contributed by atoms with Crippen LogP contribution in [0, 0.1) is 0 Å². The molecule has 0 saturated heterocycles. The Bertz CT molecular complexity index is 1780. The third kappa shape index (κ3) is 13.7. The Morgan fingerprint density at radius 3 is 2.31 bits per heavy atom. The molecule has 4 aromatic rings. The molecule has 0 spiro atoms. The fourth-order valence-corrected chi connectivity index (χ4v) is 5.80. The fraction of sp³-hybridized carbons (Fsp3) is 0.136. The molecular weight excluding hydrogens is 991 g/mol. The van der Waals surface area contributed by atoms with Gasteiger partial charge in [-0.15, -0.1) is 14.6 Å². The molecule has 0 bridgehead atoms. The molecule has 0 aliphatic heterocycles. The van der Waals surface area contributed by atoms with Gasteiger partial charge in [-0.3, -0.25) is 14.3 Å². The van der Waals surface area contributed by atoms with Crippen LogP contribution in [0.25, 0.3) is 10.8 Å². The Hall–Kier alpha value is 0.340. The van der Waals surface area contributed by atoms with E-state index in [1.165, 1.54) is 31.4 Å². The summed E-state index contributed by atoms with van der Waals surface area (Å²) in [6.07, 6.45) is 0. The van der Waals surface area contributed by atoms with Gasteiger partial charge in [0.1, 0.15) is 17.1 Å². The number of nitrogens with one attached hydrogen (secondary N) is 1. The first kappa shape index (κ1) is 46.4. The average Bonchev–Trinajstić information content (AvgIpc) is 3.03. The summed E-state index contributed by atoms with van der Waals surface area (Å²) in [6.45, 7) is -0.332. The minimum Gasteiger partial charge on any atom is -0.691 e. The first-order valence-electron chi connectivity index (χ1n) is 11.6. The quantitative estimate of drug-likeness (QED) is 0.0299. The maximum atomic E-state index is 12.8. The number of ether oxygens (including phenoxy) is 1. The Balaban J connectivity index is 0.00000283. The molecule has 0 atom stereocenters. The molecule has 0 saturated carbocycles. The van der Waals surface area contributed by atoms with Crippen molar-refractivity contribution in [2.75, 3.05) is 24.8 Å². The number of aromatic nitrogens is 3. The minimum absolute atomic E-state index is 0. The molecule has 0 fully saturated rings. The van der Waals surface area contributed by atoms with E-state index in [1.807, 2.05) is 0 Å². The van der Waals surface area contributed by atoms with E-state index >= 15 is 0 Å². The third-order valence-corrected chi connectivity index (χ3v) is 8.35. The van der Waals surface area contributed by atoms with E-state index in [1.54, 1.807) is 18.2 Å². The molecule has 17 nitrogen and oxygen atoms in total. The third-order valence-electron chi connectivity index (χ3n) is 5.35. The molecule has 3 aromatic carbocycles. The maximum absolute atomic E-state index is 12.8. The topological polar surface area (TPSA) is 231 Å². The van der Waals surface area contributed by atoms with Crippen LogP contribution in [-0.2, 0) is 32.8 Å². The molecular formula is C22H16Cl2I2N6Na2O11S3. The summed E-state index contributed by atoms with van der Waals surface area (Å²) in [5, 5.41) is 49.7. The normalized spacial score (nSPS) is 11.0. The van der Waals surface area contributed by atoms with Gasteiger partial charge in [-0.25, -0.2) is 8.42 Å². The number of rotatable bonds is 15. The van der Waals surface area contributed by atoms with E-state index in [-0.39, 0.29) is 127 Å². The number of aromatic hydroxyl groups is 1. The number of azo groups is 1. The molecule has 248 valence electrons. The summed E-state index contributed by atoms with van der Waals surface area (Å²) in [6, 6.07) is 10.1. The number of benzene rings is 3. The number of phenols is 1. The molecule has 0 unspecified atom stereocenters. The summed E-state index contributed by atoms with van der Waals surface area (Å²) in [4.78, 5) is 11.5. The molecule has 26 heteroatoms. The fourth-order valence-electron chi connectivity index (χ4n) is 3.52. The predicted molar refractivity (Wildman–Crippen MR) is 180 cm³/mol. The molecule has 1 aromatic heterocycles. The average molecular weight is 1010 g/mol. The number of phenolic OH excluding ortho intramolecular Hbond substituents is 1. The van der Waals surface area contributed by atoms with Crippen LogP contribution in [0.15, 0.2) is 62.5 Å². The van der Waals surface area contributed by atoms with Crippen LogP contribution in [0.4, 0.5) is 23.0 Å². The van der Waals surface area contributed by atoms with E-state index in [2.05, 4.69) is 86.5 Å². The molecule has 1 heterocycles. The number of hydrogen-bond donors (Lipinski definition) is 2. The molecule has 48 heavy (non-hydrogen) atoms. The number of sulfone groups is 1. The van der Waals surface area contributed by atoms with Gasteiger partial charge in [-0.2, -0.15) is 19.3 Å². The Labute approximate surface area is 358 Å². The minimum atomic E-state index is -3.89. The van der Waals surface area contributed by atoms with Gasteiger partial charge in [0.2, 0.25) is 16.5 Å². The van der Waals surface area contributed by atoms with Gasteiger partial charge >= 0.3 is 59.1 Å². The van der Waals surface area contributed by atoms with Gasteiger partial charge < -0.3 is 25.7 Å². The number of anilines is 2. The zero-order valence-electron chi connectivity index (χ0n) is 24.5. The van der Waals surface area contributed by atoms with Crippen molar-refractivity contribution in [3.8, 4) is 11.5 Å². The van der Waals surface area contributed by atoms with Crippen LogP contribution in [0.5, 0.6) is 11.5 Å². The van der Waals surface area contributed by atoms with Gasteiger partial charge in [0.05, 0.1) is 41.3 Å². The van der Waals surface area contributed by atoms with Crippen molar-refractivity contribution in [3.05, 3.63) is 53.0 Å². The molecule has 2 N–H and O–H groups in total. The number of methoxy groups -OCH3 is 1. The second kappa shape index (κ2) is 23.8. The summed E-state index contributed by atoms with van der Waals surface area (Å²) >= 11 is 16.5. The van der Waals surface area contributed by atoms with Gasteiger partial charge in [0.15, 0.2) is 27.9 Å².